The van der Waals surface area contributed by atoms with Gasteiger partial charge < -0.3 is 9.73 Å². The summed E-state index contributed by atoms with van der Waals surface area (Å²) in [5.74, 6) is 0.732. The number of aryl methyl sites for hydroxylation is 2. The van der Waals surface area contributed by atoms with Gasteiger partial charge in [-0.1, -0.05) is 23.7 Å². The molecule has 0 unspecified atom stereocenters. The number of nitrogens with one attached hydrogen (secondary N) is 1. The van der Waals surface area contributed by atoms with E-state index in [4.69, 9.17) is 16.0 Å². The van der Waals surface area contributed by atoms with Gasteiger partial charge in [0.25, 0.3) is 0 Å². The quantitative estimate of drug-likeness (QED) is 0.706. The van der Waals surface area contributed by atoms with Crippen LogP contribution in [0.2, 0.25) is 5.02 Å². The Hall–Kier alpha value is -2.59. The first-order valence-corrected chi connectivity index (χ1v) is 8.50. The molecule has 2 aromatic heterocycles. The van der Waals surface area contributed by atoms with Gasteiger partial charge in [-0.05, 0) is 60.4 Å². The highest BCUT2D eigenvalue weighted by Gasteiger charge is 2.06. The molecule has 128 valence electrons. The number of benzene rings is 1. The van der Waals surface area contributed by atoms with Crippen molar-refractivity contribution in [1.82, 2.24) is 10.3 Å². The monoisotopic (exact) mass is 354 g/mol. The normalized spacial score (nSPS) is 10.6. The summed E-state index contributed by atoms with van der Waals surface area (Å²) >= 11 is 6.02. The van der Waals surface area contributed by atoms with Crippen LogP contribution in [-0.2, 0) is 17.8 Å². The van der Waals surface area contributed by atoms with Gasteiger partial charge in [0.15, 0.2) is 5.76 Å². The van der Waals surface area contributed by atoms with Crippen LogP contribution in [0.25, 0.3) is 11.5 Å². The van der Waals surface area contributed by atoms with Crippen LogP contribution in [0.4, 0.5) is 0 Å². The van der Waals surface area contributed by atoms with Crippen LogP contribution in [0.1, 0.15) is 23.1 Å². The van der Waals surface area contributed by atoms with E-state index in [1.54, 1.807) is 12.5 Å². The van der Waals surface area contributed by atoms with Crippen LogP contribution in [0.5, 0.6) is 0 Å². The second-order valence-corrected chi connectivity index (χ2v) is 6.29. The first-order chi connectivity index (χ1) is 12.1. The zero-order valence-electron chi connectivity index (χ0n) is 14.0. The number of hydrogen-bond donors (Lipinski definition) is 1. The molecule has 0 saturated heterocycles. The van der Waals surface area contributed by atoms with Crippen molar-refractivity contribution in [2.24, 2.45) is 0 Å². The standard InChI is InChI=1S/C20H19ClN2O2/c1-14-11-15(4-6-17(14)21)5-7-20(24)23-13-16-8-9-22-18(12-16)19-3-2-10-25-19/h2-4,6,8-12H,5,7,13H2,1H3,(H,23,24). The summed E-state index contributed by atoms with van der Waals surface area (Å²) in [4.78, 5) is 16.4. The third-order valence-electron chi connectivity index (χ3n) is 3.95. The Morgan fingerprint density at radius 1 is 1.20 bits per heavy atom. The Bertz CT molecular complexity index is 860. The van der Waals surface area contributed by atoms with Gasteiger partial charge in [-0.2, -0.15) is 0 Å². The zero-order chi connectivity index (χ0) is 17.6. The Balaban J connectivity index is 1.52. The molecule has 0 bridgehead atoms. The Morgan fingerprint density at radius 2 is 2.08 bits per heavy atom. The average molecular weight is 355 g/mol. The van der Waals surface area contributed by atoms with Crippen molar-refractivity contribution >= 4 is 17.5 Å². The molecular formula is C20H19ClN2O2. The molecule has 0 atom stereocenters. The van der Waals surface area contributed by atoms with Crippen molar-refractivity contribution in [2.75, 3.05) is 0 Å². The van der Waals surface area contributed by atoms with E-state index in [1.807, 2.05) is 49.4 Å². The molecule has 3 rings (SSSR count). The summed E-state index contributed by atoms with van der Waals surface area (Å²) in [6, 6.07) is 13.3. The van der Waals surface area contributed by atoms with Crippen molar-refractivity contribution in [3.05, 3.63) is 76.6 Å². The molecule has 1 aromatic carbocycles. The van der Waals surface area contributed by atoms with Gasteiger partial charge in [0, 0.05) is 24.2 Å². The fraction of sp³-hybridized carbons (Fsp3) is 0.200. The van der Waals surface area contributed by atoms with Crippen molar-refractivity contribution in [1.29, 1.82) is 0 Å². The van der Waals surface area contributed by atoms with E-state index < -0.39 is 0 Å². The Kier molecular flexibility index (Phi) is 5.51. The first-order valence-electron chi connectivity index (χ1n) is 8.12. The minimum absolute atomic E-state index is 0.0176. The van der Waals surface area contributed by atoms with Crippen LogP contribution < -0.4 is 5.32 Å². The highest BCUT2D eigenvalue weighted by molar-refractivity contribution is 6.31. The molecule has 3 aromatic rings. The van der Waals surface area contributed by atoms with Gasteiger partial charge in [-0.15, -0.1) is 0 Å². The minimum atomic E-state index is 0.0176. The summed E-state index contributed by atoms with van der Waals surface area (Å²) < 4.78 is 5.35. The lowest BCUT2D eigenvalue weighted by Gasteiger charge is -2.07. The lowest BCUT2D eigenvalue weighted by Crippen LogP contribution is -2.23. The average Bonchev–Trinajstić information content (AvgIpc) is 3.16. The van der Waals surface area contributed by atoms with Crippen LogP contribution in [0, 0.1) is 6.92 Å². The molecule has 5 heteroatoms. The molecule has 1 N–H and O–H groups in total. The van der Waals surface area contributed by atoms with Gasteiger partial charge in [-0.3, -0.25) is 9.78 Å². The number of hydrogen-bond acceptors (Lipinski definition) is 3. The fourth-order valence-corrected chi connectivity index (χ4v) is 2.67. The van der Waals surface area contributed by atoms with E-state index in [0.717, 1.165) is 27.4 Å². The number of pyridine rings is 1. The number of halogens is 1. The number of carbonyl (C=O) groups excluding carboxylic acids is 1. The maximum Gasteiger partial charge on any atom is 0.220 e. The summed E-state index contributed by atoms with van der Waals surface area (Å²) in [5, 5.41) is 3.69. The minimum Gasteiger partial charge on any atom is -0.463 e. The van der Waals surface area contributed by atoms with E-state index in [-0.39, 0.29) is 5.91 Å². The lowest BCUT2D eigenvalue weighted by atomic mass is 10.1. The fourth-order valence-electron chi connectivity index (χ4n) is 2.55. The van der Waals surface area contributed by atoms with Crippen molar-refractivity contribution in [3.63, 3.8) is 0 Å². The van der Waals surface area contributed by atoms with E-state index in [1.165, 1.54) is 0 Å². The Labute approximate surface area is 151 Å². The summed E-state index contributed by atoms with van der Waals surface area (Å²) in [6.45, 7) is 2.43. The second kappa shape index (κ2) is 7.99. The molecular weight excluding hydrogens is 336 g/mol. The number of amides is 1. The molecule has 0 aliphatic rings. The molecule has 0 radical (unpaired) electrons. The van der Waals surface area contributed by atoms with Crippen molar-refractivity contribution in [2.45, 2.75) is 26.3 Å². The van der Waals surface area contributed by atoms with E-state index in [2.05, 4.69) is 10.3 Å². The SMILES string of the molecule is Cc1cc(CCC(=O)NCc2ccnc(-c3ccco3)c2)ccc1Cl. The number of nitrogens with zero attached hydrogens (tertiary/aromatic N) is 1. The van der Waals surface area contributed by atoms with Gasteiger partial charge in [0.05, 0.1) is 6.26 Å². The van der Waals surface area contributed by atoms with Gasteiger partial charge in [0.1, 0.15) is 5.69 Å². The molecule has 2 heterocycles. The molecule has 0 aliphatic carbocycles. The van der Waals surface area contributed by atoms with E-state index >= 15 is 0 Å². The van der Waals surface area contributed by atoms with Crippen molar-refractivity contribution < 1.29 is 9.21 Å². The number of aromatic nitrogens is 1. The maximum absolute atomic E-state index is 12.1. The van der Waals surface area contributed by atoms with Gasteiger partial charge >= 0.3 is 0 Å². The molecule has 1 amide bonds. The molecule has 0 spiro atoms. The lowest BCUT2D eigenvalue weighted by molar-refractivity contribution is -0.121. The molecule has 25 heavy (non-hydrogen) atoms. The van der Waals surface area contributed by atoms with Gasteiger partial charge in [-0.25, -0.2) is 0 Å². The van der Waals surface area contributed by atoms with E-state index in [9.17, 15) is 4.79 Å². The number of furan rings is 1. The molecule has 4 nitrogen and oxygen atoms in total. The van der Waals surface area contributed by atoms with Gasteiger partial charge in [0.2, 0.25) is 5.91 Å². The third kappa shape index (κ3) is 4.70. The summed E-state index contributed by atoms with van der Waals surface area (Å²) in [6.07, 6.45) is 4.47. The molecule has 0 saturated carbocycles. The molecule has 0 fully saturated rings. The van der Waals surface area contributed by atoms with Crippen LogP contribution in [-0.4, -0.2) is 10.9 Å². The zero-order valence-corrected chi connectivity index (χ0v) is 14.7. The highest BCUT2D eigenvalue weighted by atomic mass is 35.5. The smallest absolute Gasteiger partial charge is 0.220 e. The van der Waals surface area contributed by atoms with Crippen LogP contribution >= 0.6 is 11.6 Å². The number of carbonyl (C=O) groups is 1. The highest BCUT2D eigenvalue weighted by Crippen LogP contribution is 2.18. The maximum atomic E-state index is 12.1. The van der Waals surface area contributed by atoms with Crippen LogP contribution in [0.3, 0.4) is 0 Å². The largest absolute Gasteiger partial charge is 0.463 e. The molecule has 0 aliphatic heterocycles. The van der Waals surface area contributed by atoms with Crippen molar-refractivity contribution in [3.8, 4) is 11.5 Å². The summed E-state index contributed by atoms with van der Waals surface area (Å²) in [7, 11) is 0. The Morgan fingerprint density at radius 3 is 2.84 bits per heavy atom. The topological polar surface area (TPSA) is 55.1 Å². The summed E-state index contributed by atoms with van der Waals surface area (Å²) in [5.41, 5.74) is 3.88. The second-order valence-electron chi connectivity index (χ2n) is 5.89. The third-order valence-corrected chi connectivity index (χ3v) is 4.37. The number of rotatable bonds is 6. The predicted octanol–water partition coefficient (Wildman–Crippen LogP) is 4.55. The first kappa shape index (κ1) is 17.2. The van der Waals surface area contributed by atoms with E-state index in [0.29, 0.717) is 25.1 Å². The predicted molar refractivity (Wildman–Crippen MR) is 98.3 cm³/mol. The van der Waals surface area contributed by atoms with Crippen LogP contribution in [0.15, 0.2) is 59.3 Å².